The van der Waals surface area contributed by atoms with E-state index >= 15 is 0 Å². The highest BCUT2D eigenvalue weighted by Crippen LogP contribution is 2.67. The molecule has 1 fully saturated rings. The number of anilines is 1. The predicted octanol–water partition coefficient (Wildman–Crippen LogP) is 2.93. The second kappa shape index (κ2) is 5.08. The summed E-state index contributed by atoms with van der Waals surface area (Å²) in [5.74, 6) is 1.13. The lowest BCUT2D eigenvalue weighted by Gasteiger charge is -2.10. The lowest BCUT2D eigenvalue weighted by atomic mass is 10.0. The van der Waals surface area contributed by atoms with E-state index in [4.69, 9.17) is 0 Å². The van der Waals surface area contributed by atoms with Gasteiger partial charge >= 0.3 is 0 Å². The van der Waals surface area contributed by atoms with Gasteiger partial charge in [0.2, 0.25) is 0 Å². The van der Waals surface area contributed by atoms with Gasteiger partial charge in [-0.2, -0.15) is 0 Å². The highest BCUT2D eigenvalue weighted by atomic mass is 16.1. The Kier molecular flexibility index (Phi) is 3.76. The summed E-state index contributed by atoms with van der Waals surface area (Å²) in [5, 5.41) is 6.17. The van der Waals surface area contributed by atoms with Gasteiger partial charge in [-0.15, -0.1) is 0 Å². The molecule has 0 aliphatic heterocycles. The molecule has 1 aromatic heterocycles. The first-order chi connectivity index (χ1) is 9.32. The number of aromatic nitrogens is 1. The Bertz CT molecular complexity index is 494. The Hall–Kier alpha value is -1.58. The maximum Gasteiger partial charge on any atom is 0.255 e. The minimum absolute atomic E-state index is 0.0486. The van der Waals surface area contributed by atoms with E-state index in [0.29, 0.717) is 28.1 Å². The van der Waals surface area contributed by atoms with Crippen LogP contribution in [0.1, 0.15) is 45.0 Å². The molecule has 1 saturated carbocycles. The van der Waals surface area contributed by atoms with Gasteiger partial charge in [0.25, 0.3) is 5.91 Å². The topological polar surface area (TPSA) is 54.0 Å². The highest BCUT2D eigenvalue weighted by Gasteiger charge is 2.64. The molecule has 4 heteroatoms. The normalized spacial score (nSPS) is 19.4. The summed E-state index contributed by atoms with van der Waals surface area (Å²) in [6.07, 6.45) is 1.70. The molecule has 0 atom stereocenters. The summed E-state index contributed by atoms with van der Waals surface area (Å²) in [4.78, 5) is 16.5. The molecular formula is C16H25N3O. The van der Waals surface area contributed by atoms with Gasteiger partial charge in [0.1, 0.15) is 5.82 Å². The molecule has 2 N–H and O–H groups in total. The van der Waals surface area contributed by atoms with Crippen molar-refractivity contribution >= 4 is 11.7 Å². The van der Waals surface area contributed by atoms with E-state index in [-0.39, 0.29) is 5.91 Å². The average molecular weight is 275 g/mol. The summed E-state index contributed by atoms with van der Waals surface area (Å²) >= 11 is 0. The fourth-order valence-corrected chi connectivity index (χ4v) is 3.03. The molecule has 0 spiro atoms. The third-order valence-corrected chi connectivity index (χ3v) is 5.18. The van der Waals surface area contributed by atoms with Crippen molar-refractivity contribution in [3.8, 4) is 0 Å². The van der Waals surface area contributed by atoms with E-state index in [2.05, 4.69) is 43.3 Å². The zero-order valence-corrected chi connectivity index (χ0v) is 13.1. The van der Waals surface area contributed by atoms with Crippen LogP contribution in [0.2, 0.25) is 0 Å². The second-order valence-corrected chi connectivity index (χ2v) is 6.64. The largest absolute Gasteiger partial charge is 0.370 e. The minimum Gasteiger partial charge on any atom is -0.370 e. The number of nitrogens with zero attached hydrogens (tertiary/aromatic N) is 1. The van der Waals surface area contributed by atoms with Crippen LogP contribution in [0.5, 0.6) is 0 Å². The number of rotatable bonds is 5. The van der Waals surface area contributed by atoms with Gasteiger partial charge in [0.05, 0.1) is 5.56 Å². The fraction of sp³-hybridized carbons (Fsp3) is 0.625. The van der Waals surface area contributed by atoms with Crippen molar-refractivity contribution in [2.45, 2.75) is 34.6 Å². The summed E-state index contributed by atoms with van der Waals surface area (Å²) < 4.78 is 0. The second-order valence-electron chi connectivity index (χ2n) is 6.64. The molecule has 1 aliphatic carbocycles. The van der Waals surface area contributed by atoms with Crippen LogP contribution in [0.4, 0.5) is 5.82 Å². The molecule has 110 valence electrons. The Morgan fingerprint density at radius 3 is 2.50 bits per heavy atom. The monoisotopic (exact) mass is 275 g/mol. The first-order valence-electron chi connectivity index (χ1n) is 7.29. The van der Waals surface area contributed by atoms with Crippen molar-refractivity contribution in [2.75, 3.05) is 18.4 Å². The Morgan fingerprint density at radius 2 is 1.95 bits per heavy atom. The van der Waals surface area contributed by atoms with Crippen molar-refractivity contribution in [2.24, 2.45) is 16.7 Å². The molecule has 1 aromatic rings. The van der Waals surface area contributed by atoms with Crippen LogP contribution < -0.4 is 10.6 Å². The number of pyridine rings is 1. The van der Waals surface area contributed by atoms with E-state index in [1.807, 2.05) is 13.0 Å². The van der Waals surface area contributed by atoms with E-state index < -0.39 is 0 Å². The number of nitrogens with one attached hydrogen (secondary N) is 2. The first kappa shape index (κ1) is 14.8. The van der Waals surface area contributed by atoms with Gasteiger partial charge in [-0.1, -0.05) is 27.7 Å². The number of carbonyl (C=O) groups is 1. The molecule has 2 rings (SSSR count). The van der Waals surface area contributed by atoms with Gasteiger partial charge < -0.3 is 10.6 Å². The van der Waals surface area contributed by atoms with Crippen molar-refractivity contribution in [3.05, 3.63) is 23.9 Å². The number of hydrogen-bond donors (Lipinski definition) is 2. The van der Waals surface area contributed by atoms with E-state index in [1.54, 1.807) is 12.3 Å². The smallest absolute Gasteiger partial charge is 0.255 e. The van der Waals surface area contributed by atoms with E-state index in [1.165, 1.54) is 0 Å². The molecular weight excluding hydrogens is 250 g/mol. The highest BCUT2D eigenvalue weighted by molar-refractivity contribution is 5.98. The fourth-order valence-electron chi connectivity index (χ4n) is 3.03. The van der Waals surface area contributed by atoms with E-state index in [0.717, 1.165) is 13.1 Å². The van der Waals surface area contributed by atoms with Crippen molar-refractivity contribution in [1.82, 2.24) is 10.3 Å². The lowest BCUT2D eigenvalue weighted by Crippen LogP contribution is -2.28. The standard InChI is InChI=1S/C16H25N3O/c1-6-17-13-11(8-7-9-18-13)14(20)19-10-12-15(2,3)16(12,4)5/h7-9,12H,6,10H2,1-5H3,(H,17,18)(H,19,20). The Morgan fingerprint density at radius 1 is 1.30 bits per heavy atom. The van der Waals surface area contributed by atoms with Crippen LogP contribution >= 0.6 is 0 Å². The quantitative estimate of drug-likeness (QED) is 0.868. The van der Waals surface area contributed by atoms with Crippen molar-refractivity contribution in [3.63, 3.8) is 0 Å². The van der Waals surface area contributed by atoms with Gasteiger partial charge in [-0.25, -0.2) is 4.98 Å². The van der Waals surface area contributed by atoms with Crippen LogP contribution in [0.25, 0.3) is 0 Å². The van der Waals surface area contributed by atoms with Crippen LogP contribution in [-0.4, -0.2) is 24.0 Å². The molecule has 0 unspecified atom stereocenters. The molecule has 1 amide bonds. The van der Waals surface area contributed by atoms with Gasteiger partial charge in [0, 0.05) is 19.3 Å². The SMILES string of the molecule is CCNc1ncccc1C(=O)NCC1C(C)(C)C1(C)C. The zero-order chi connectivity index (χ0) is 15.0. The molecule has 0 saturated heterocycles. The Labute approximate surface area is 121 Å². The molecule has 4 nitrogen and oxygen atoms in total. The summed E-state index contributed by atoms with van der Waals surface area (Å²) in [7, 11) is 0. The number of hydrogen-bond acceptors (Lipinski definition) is 3. The predicted molar refractivity (Wildman–Crippen MR) is 81.8 cm³/mol. The summed E-state index contributed by atoms with van der Waals surface area (Å²) in [6.45, 7) is 12.5. The lowest BCUT2D eigenvalue weighted by molar-refractivity contribution is 0.0950. The average Bonchev–Trinajstić information content (AvgIpc) is 2.78. The van der Waals surface area contributed by atoms with Crippen LogP contribution in [0.3, 0.4) is 0 Å². The zero-order valence-electron chi connectivity index (χ0n) is 13.1. The molecule has 0 radical (unpaired) electrons. The van der Waals surface area contributed by atoms with Crippen molar-refractivity contribution < 1.29 is 4.79 Å². The molecule has 1 aliphatic rings. The number of carbonyl (C=O) groups excluding carboxylic acids is 1. The summed E-state index contributed by atoms with van der Waals surface area (Å²) in [6, 6.07) is 3.60. The third-order valence-electron chi connectivity index (χ3n) is 5.18. The number of amides is 1. The third kappa shape index (κ3) is 2.39. The van der Waals surface area contributed by atoms with Gasteiger partial charge in [-0.05, 0) is 35.8 Å². The minimum atomic E-state index is -0.0486. The van der Waals surface area contributed by atoms with Crippen LogP contribution in [0.15, 0.2) is 18.3 Å². The maximum atomic E-state index is 12.3. The van der Waals surface area contributed by atoms with E-state index in [9.17, 15) is 4.79 Å². The first-order valence-corrected chi connectivity index (χ1v) is 7.29. The van der Waals surface area contributed by atoms with Crippen LogP contribution in [0, 0.1) is 16.7 Å². The molecule has 0 bridgehead atoms. The molecule has 0 aromatic carbocycles. The van der Waals surface area contributed by atoms with Crippen LogP contribution in [-0.2, 0) is 0 Å². The molecule has 20 heavy (non-hydrogen) atoms. The summed E-state index contributed by atoms with van der Waals surface area (Å²) in [5.41, 5.74) is 1.20. The van der Waals surface area contributed by atoms with Gasteiger partial charge in [0.15, 0.2) is 0 Å². The van der Waals surface area contributed by atoms with Crippen molar-refractivity contribution in [1.29, 1.82) is 0 Å². The maximum absolute atomic E-state index is 12.3. The molecule has 1 heterocycles. The van der Waals surface area contributed by atoms with Gasteiger partial charge in [-0.3, -0.25) is 4.79 Å². The Balaban J connectivity index is 2.00.